The summed E-state index contributed by atoms with van der Waals surface area (Å²) in [6.45, 7) is 6.35. The largest absolute Gasteiger partial charge is 0.373 e. The molecule has 0 heterocycles. The number of halogens is 1. The highest BCUT2D eigenvalue weighted by Crippen LogP contribution is 2.31. The van der Waals surface area contributed by atoms with Crippen LogP contribution in [-0.4, -0.2) is 17.0 Å². The fraction of sp³-hybridized carbons (Fsp3) is 0.500. The van der Waals surface area contributed by atoms with E-state index >= 15 is 0 Å². The predicted molar refractivity (Wildman–Crippen MR) is 74.0 cm³/mol. The summed E-state index contributed by atoms with van der Waals surface area (Å²) in [6.07, 6.45) is 0. The zero-order valence-electron chi connectivity index (χ0n) is 10.7. The third-order valence-electron chi connectivity index (χ3n) is 3.28. The first kappa shape index (κ1) is 14.7. The van der Waals surface area contributed by atoms with Gasteiger partial charge in [0.05, 0.1) is 4.92 Å². The Bertz CT molecular complexity index is 451. The fourth-order valence-corrected chi connectivity index (χ4v) is 1.67. The Labute approximate surface area is 111 Å². The fourth-order valence-electron chi connectivity index (χ4n) is 1.50. The van der Waals surface area contributed by atoms with Crippen molar-refractivity contribution in [2.45, 2.75) is 26.3 Å². The minimum absolute atomic E-state index is 0.0391. The van der Waals surface area contributed by atoms with Crippen LogP contribution in [0.2, 0.25) is 5.02 Å². The minimum atomic E-state index is -0.453. The van der Waals surface area contributed by atoms with Crippen molar-refractivity contribution in [3.8, 4) is 0 Å². The van der Waals surface area contributed by atoms with E-state index in [0.29, 0.717) is 17.3 Å². The van der Waals surface area contributed by atoms with E-state index in [0.717, 1.165) is 0 Å². The number of benzene rings is 1. The van der Waals surface area contributed by atoms with Crippen molar-refractivity contribution < 1.29 is 4.92 Å². The smallest absolute Gasteiger partial charge is 0.293 e. The number of nitrogens with one attached hydrogen (secondary N) is 1. The lowest BCUT2D eigenvalue weighted by Crippen LogP contribution is -2.47. The molecule has 0 bridgehead atoms. The molecule has 1 aromatic rings. The molecule has 0 saturated carbocycles. The topological polar surface area (TPSA) is 81.2 Å². The van der Waals surface area contributed by atoms with Gasteiger partial charge in [0, 0.05) is 23.2 Å². The average Bonchev–Trinajstić information content (AvgIpc) is 2.30. The monoisotopic (exact) mass is 271 g/mol. The molecule has 0 aliphatic rings. The summed E-state index contributed by atoms with van der Waals surface area (Å²) in [4.78, 5) is 10.5. The average molecular weight is 272 g/mol. The van der Waals surface area contributed by atoms with E-state index in [1.807, 2.05) is 20.8 Å². The van der Waals surface area contributed by atoms with Gasteiger partial charge in [-0.15, -0.1) is 0 Å². The van der Waals surface area contributed by atoms with Crippen LogP contribution in [0.15, 0.2) is 18.2 Å². The molecule has 0 aromatic heterocycles. The second kappa shape index (κ2) is 5.54. The molecule has 1 atom stereocenters. The lowest BCUT2D eigenvalue weighted by atomic mass is 9.88. The quantitative estimate of drug-likeness (QED) is 0.637. The zero-order valence-corrected chi connectivity index (χ0v) is 11.5. The van der Waals surface area contributed by atoms with Gasteiger partial charge in [0.1, 0.15) is 5.69 Å². The number of rotatable bonds is 5. The molecule has 100 valence electrons. The van der Waals surface area contributed by atoms with Crippen LogP contribution in [0.5, 0.6) is 0 Å². The number of nitro benzene ring substituents is 1. The van der Waals surface area contributed by atoms with E-state index in [1.165, 1.54) is 6.07 Å². The van der Waals surface area contributed by atoms with Crippen LogP contribution in [0, 0.1) is 16.0 Å². The van der Waals surface area contributed by atoms with Crippen LogP contribution in [0.25, 0.3) is 0 Å². The Morgan fingerprint density at radius 2 is 2.17 bits per heavy atom. The predicted octanol–water partition coefficient (Wildman–Crippen LogP) is 3.03. The maximum atomic E-state index is 11.0. The summed E-state index contributed by atoms with van der Waals surface area (Å²) in [7, 11) is 0. The van der Waals surface area contributed by atoms with Crippen LogP contribution >= 0.6 is 11.6 Å². The molecule has 1 unspecified atom stereocenters. The molecule has 6 heteroatoms. The Morgan fingerprint density at radius 1 is 1.56 bits per heavy atom. The van der Waals surface area contributed by atoms with Crippen LogP contribution in [-0.2, 0) is 0 Å². The second-order valence-electron chi connectivity index (χ2n) is 4.82. The van der Waals surface area contributed by atoms with E-state index in [-0.39, 0.29) is 11.6 Å². The van der Waals surface area contributed by atoms with E-state index in [9.17, 15) is 10.1 Å². The molecule has 5 nitrogen and oxygen atoms in total. The summed E-state index contributed by atoms with van der Waals surface area (Å²) in [5.41, 5.74) is 5.75. The van der Waals surface area contributed by atoms with Gasteiger partial charge in [-0.3, -0.25) is 10.1 Å². The normalized spacial score (nSPS) is 14.3. The van der Waals surface area contributed by atoms with Crippen LogP contribution < -0.4 is 11.1 Å². The van der Waals surface area contributed by atoms with Gasteiger partial charge in [-0.05, 0) is 25.0 Å². The molecule has 0 radical (unpaired) electrons. The summed E-state index contributed by atoms with van der Waals surface area (Å²) in [5.74, 6) is 0.234. The Balaban J connectivity index is 3.14. The maximum Gasteiger partial charge on any atom is 0.293 e. The van der Waals surface area contributed by atoms with Gasteiger partial charge in [0.15, 0.2) is 0 Å². The molecular weight excluding hydrogens is 254 g/mol. The first-order valence-corrected chi connectivity index (χ1v) is 6.10. The maximum absolute atomic E-state index is 11.0. The SMILES string of the molecule is CC(C)C(C)(CN)Nc1ccc(Cl)cc1[N+](=O)[O-]. The minimum Gasteiger partial charge on any atom is -0.373 e. The van der Waals surface area contributed by atoms with E-state index < -0.39 is 10.5 Å². The number of anilines is 1. The van der Waals surface area contributed by atoms with Gasteiger partial charge in [-0.25, -0.2) is 0 Å². The van der Waals surface area contributed by atoms with E-state index in [2.05, 4.69) is 5.32 Å². The third kappa shape index (κ3) is 3.11. The third-order valence-corrected chi connectivity index (χ3v) is 3.51. The summed E-state index contributed by atoms with van der Waals surface area (Å²) < 4.78 is 0. The van der Waals surface area contributed by atoms with Crippen molar-refractivity contribution in [3.05, 3.63) is 33.3 Å². The molecule has 0 aliphatic carbocycles. The molecule has 0 saturated heterocycles. The molecule has 3 N–H and O–H groups in total. The highest BCUT2D eigenvalue weighted by atomic mass is 35.5. The Kier molecular flexibility index (Phi) is 4.53. The molecule has 0 fully saturated rings. The number of nitrogens with two attached hydrogens (primary N) is 1. The van der Waals surface area contributed by atoms with E-state index in [4.69, 9.17) is 17.3 Å². The standard InChI is InChI=1S/C12H18ClN3O2/c1-8(2)12(3,7-14)15-10-5-4-9(13)6-11(10)16(17)18/h4-6,8,15H,7,14H2,1-3H3. The van der Waals surface area contributed by atoms with Crippen LogP contribution in [0.4, 0.5) is 11.4 Å². The lowest BCUT2D eigenvalue weighted by Gasteiger charge is -2.34. The molecule has 1 aromatic carbocycles. The summed E-state index contributed by atoms with van der Waals surface area (Å²) in [6, 6.07) is 4.56. The highest BCUT2D eigenvalue weighted by molar-refractivity contribution is 6.30. The van der Waals surface area contributed by atoms with Crippen molar-refractivity contribution in [1.29, 1.82) is 0 Å². The van der Waals surface area contributed by atoms with Gasteiger partial charge in [-0.2, -0.15) is 0 Å². The number of hydrogen-bond donors (Lipinski definition) is 2. The van der Waals surface area contributed by atoms with Gasteiger partial charge in [0.2, 0.25) is 0 Å². The first-order valence-electron chi connectivity index (χ1n) is 5.72. The zero-order chi connectivity index (χ0) is 13.9. The van der Waals surface area contributed by atoms with Gasteiger partial charge in [0.25, 0.3) is 5.69 Å². The van der Waals surface area contributed by atoms with Crippen molar-refractivity contribution in [1.82, 2.24) is 0 Å². The molecule has 1 rings (SSSR count). The summed E-state index contributed by atoms with van der Waals surface area (Å²) in [5, 5.41) is 14.5. The summed E-state index contributed by atoms with van der Waals surface area (Å²) >= 11 is 5.77. The van der Waals surface area contributed by atoms with Crippen molar-refractivity contribution in [2.75, 3.05) is 11.9 Å². The highest BCUT2D eigenvalue weighted by Gasteiger charge is 2.29. The van der Waals surface area contributed by atoms with E-state index in [1.54, 1.807) is 12.1 Å². The van der Waals surface area contributed by atoms with Gasteiger partial charge < -0.3 is 11.1 Å². The number of nitrogens with zero attached hydrogens (tertiary/aromatic N) is 1. The molecule has 0 spiro atoms. The van der Waals surface area contributed by atoms with Gasteiger partial charge >= 0.3 is 0 Å². The molecule has 0 amide bonds. The number of nitro groups is 1. The van der Waals surface area contributed by atoms with Crippen molar-refractivity contribution in [2.24, 2.45) is 11.7 Å². The first-order chi connectivity index (χ1) is 8.30. The van der Waals surface area contributed by atoms with Gasteiger partial charge in [-0.1, -0.05) is 25.4 Å². The number of hydrogen-bond acceptors (Lipinski definition) is 4. The van der Waals surface area contributed by atoms with Crippen LogP contribution in [0.1, 0.15) is 20.8 Å². The van der Waals surface area contributed by atoms with Crippen molar-refractivity contribution >= 4 is 23.0 Å². The molecule has 0 aliphatic heterocycles. The van der Waals surface area contributed by atoms with Crippen LogP contribution in [0.3, 0.4) is 0 Å². The van der Waals surface area contributed by atoms with Crippen molar-refractivity contribution in [3.63, 3.8) is 0 Å². The lowest BCUT2D eigenvalue weighted by molar-refractivity contribution is -0.384. The molecular formula is C12H18ClN3O2. The Hall–Kier alpha value is -1.33. The molecule has 18 heavy (non-hydrogen) atoms. The Morgan fingerprint density at radius 3 is 2.61 bits per heavy atom. The second-order valence-corrected chi connectivity index (χ2v) is 5.26.